The summed E-state index contributed by atoms with van der Waals surface area (Å²) in [5, 5.41) is 9.59. The number of unbranched alkanes of at least 4 members (excludes halogenated alkanes) is 23. The summed E-state index contributed by atoms with van der Waals surface area (Å²) >= 11 is 0. The van der Waals surface area contributed by atoms with Crippen molar-refractivity contribution < 1.29 is 24.2 Å². The summed E-state index contributed by atoms with van der Waals surface area (Å²) in [6.07, 6.45) is 41.2. The molecule has 0 radical (unpaired) electrons. The first kappa shape index (κ1) is 49.9. The Balaban J connectivity index is 2.12. The highest BCUT2D eigenvalue weighted by molar-refractivity contribution is 5.69. The Labute approximate surface area is 330 Å². The molecule has 1 unspecified atom stereocenters. The summed E-state index contributed by atoms with van der Waals surface area (Å²) in [6.45, 7) is 9.81. The molecule has 1 rings (SSSR count). The van der Waals surface area contributed by atoms with E-state index in [9.17, 15) is 14.7 Å². The first-order chi connectivity index (χ1) is 26.0. The van der Waals surface area contributed by atoms with Crippen LogP contribution in [-0.2, 0) is 19.1 Å². The number of carbonyl (C=O) groups excluding carboxylic acids is 2. The van der Waals surface area contributed by atoms with Crippen LogP contribution in [0.1, 0.15) is 245 Å². The third-order valence-electron chi connectivity index (χ3n) is 11.5. The third kappa shape index (κ3) is 32.8. The molecule has 0 saturated heterocycles. The second-order valence-electron chi connectivity index (χ2n) is 16.7. The Morgan fingerprint density at radius 3 is 1.30 bits per heavy atom. The van der Waals surface area contributed by atoms with Crippen LogP contribution < -0.4 is 0 Å². The Kier molecular flexibility index (Phi) is 35.5. The minimum absolute atomic E-state index is 0.0158. The maximum absolute atomic E-state index is 12.7. The van der Waals surface area contributed by atoms with Crippen molar-refractivity contribution in [1.82, 2.24) is 4.90 Å². The van der Waals surface area contributed by atoms with Gasteiger partial charge in [-0.15, -0.1) is 0 Å². The van der Waals surface area contributed by atoms with Gasteiger partial charge in [-0.25, -0.2) is 0 Å². The normalized spacial score (nSPS) is 13.6. The van der Waals surface area contributed by atoms with E-state index >= 15 is 0 Å². The van der Waals surface area contributed by atoms with Crippen molar-refractivity contribution in [3.63, 3.8) is 0 Å². The molecule has 6 nitrogen and oxygen atoms in total. The Bertz CT molecular complexity index is 786. The minimum Gasteiger partial charge on any atom is -0.462 e. The highest BCUT2D eigenvalue weighted by atomic mass is 16.5. The number of hydrogen-bond donors (Lipinski definition) is 1. The summed E-state index contributed by atoms with van der Waals surface area (Å²) in [4.78, 5) is 27.6. The van der Waals surface area contributed by atoms with Gasteiger partial charge in [0.2, 0.25) is 0 Å². The summed E-state index contributed by atoms with van der Waals surface area (Å²) in [5.41, 5.74) is 0. The molecule has 0 aromatic heterocycles. The second-order valence-corrected chi connectivity index (χ2v) is 16.7. The zero-order valence-corrected chi connectivity index (χ0v) is 35.8. The van der Waals surface area contributed by atoms with E-state index in [0.717, 1.165) is 90.3 Å². The van der Waals surface area contributed by atoms with Crippen LogP contribution in [0.4, 0.5) is 0 Å². The first-order valence-corrected chi connectivity index (χ1v) is 23.8. The Morgan fingerprint density at radius 2 is 0.868 bits per heavy atom. The molecule has 1 atom stereocenters. The predicted molar refractivity (Wildman–Crippen MR) is 225 cm³/mol. The molecule has 1 fully saturated rings. The molecular formula is C47H91NO5. The SMILES string of the molecule is CCCCCCCCC(CCCCCCCC)OC(=O)CCCCCCCN(CCO)CCCCCCCC(=O)OC(CCCCCCCC)C1CC1. The number of aliphatic hydroxyl groups excluding tert-OH is 1. The van der Waals surface area contributed by atoms with Gasteiger partial charge < -0.3 is 19.5 Å². The van der Waals surface area contributed by atoms with Crippen molar-refractivity contribution in [2.75, 3.05) is 26.2 Å². The van der Waals surface area contributed by atoms with Gasteiger partial charge in [0.1, 0.15) is 12.2 Å². The van der Waals surface area contributed by atoms with Crippen molar-refractivity contribution in [2.24, 2.45) is 5.92 Å². The molecule has 0 aromatic rings. The second kappa shape index (κ2) is 37.8. The summed E-state index contributed by atoms with van der Waals surface area (Å²) in [5.74, 6) is 0.666. The van der Waals surface area contributed by atoms with Crippen LogP contribution >= 0.6 is 0 Å². The molecule has 1 aliphatic rings. The standard InChI is InChI=1S/C47H91NO5/c1-4-7-10-13-18-25-32-44(33-26-19-14-11-8-5-2)52-46(50)35-28-21-16-23-30-39-48(41-42-49)40-31-24-17-22-29-36-47(51)53-45(43-37-38-43)34-27-20-15-12-9-6-3/h43-45,49H,4-42H2,1-3H3. The molecular weight excluding hydrogens is 659 g/mol. The molecule has 0 aliphatic heterocycles. The lowest BCUT2D eigenvalue weighted by molar-refractivity contribution is -0.151. The van der Waals surface area contributed by atoms with Gasteiger partial charge in [-0.05, 0) is 96.1 Å². The molecule has 314 valence electrons. The molecule has 6 heteroatoms. The van der Waals surface area contributed by atoms with Gasteiger partial charge in [0.25, 0.3) is 0 Å². The van der Waals surface area contributed by atoms with Crippen LogP contribution in [0.2, 0.25) is 0 Å². The van der Waals surface area contributed by atoms with Crippen LogP contribution in [-0.4, -0.2) is 60.4 Å². The quantitative estimate of drug-likeness (QED) is 0.0495. The Morgan fingerprint density at radius 1 is 0.491 bits per heavy atom. The van der Waals surface area contributed by atoms with E-state index in [-0.39, 0.29) is 30.8 Å². The fourth-order valence-electron chi connectivity index (χ4n) is 7.77. The fraction of sp³-hybridized carbons (Fsp3) is 0.957. The fourth-order valence-corrected chi connectivity index (χ4v) is 7.77. The highest BCUT2D eigenvalue weighted by Crippen LogP contribution is 2.37. The maximum atomic E-state index is 12.7. The van der Waals surface area contributed by atoms with Gasteiger partial charge >= 0.3 is 11.9 Å². The van der Waals surface area contributed by atoms with Gasteiger partial charge in [0.05, 0.1) is 6.61 Å². The number of ether oxygens (including phenoxy) is 2. The number of carbonyl (C=O) groups is 2. The zero-order chi connectivity index (χ0) is 38.5. The van der Waals surface area contributed by atoms with Crippen molar-refractivity contribution in [1.29, 1.82) is 0 Å². The smallest absolute Gasteiger partial charge is 0.306 e. The zero-order valence-electron chi connectivity index (χ0n) is 35.8. The lowest BCUT2D eigenvalue weighted by Gasteiger charge is -2.21. The van der Waals surface area contributed by atoms with Gasteiger partial charge in [-0.3, -0.25) is 9.59 Å². The van der Waals surface area contributed by atoms with E-state index in [1.165, 1.54) is 141 Å². The van der Waals surface area contributed by atoms with Crippen LogP contribution in [0.5, 0.6) is 0 Å². The lowest BCUT2D eigenvalue weighted by atomic mass is 10.0. The molecule has 0 bridgehead atoms. The molecule has 1 N–H and O–H groups in total. The van der Waals surface area contributed by atoms with Gasteiger partial charge in [0.15, 0.2) is 0 Å². The topological polar surface area (TPSA) is 76.1 Å². The van der Waals surface area contributed by atoms with Gasteiger partial charge in [-0.2, -0.15) is 0 Å². The number of nitrogens with zero attached hydrogens (tertiary/aromatic N) is 1. The van der Waals surface area contributed by atoms with Crippen LogP contribution in [0.3, 0.4) is 0 Å². The average Bonchev–Trinajstić information content (AvgIpc) is 4.00. The molecule has 1 saturated carbocycles. The minimum atomic E-state index is 0.0158. The number of hydrogen-bond acceptors (Lipinski definition) is 6. The number of rotatable bonds is 42. The van der Waals surface area contributed by atoms with E-state index < -0.39 is 0 Å². The molecule has 0 amide bonds. The van der Waals surface area contributed by atoms with Crippen molar-refractivity contribution in [2.45, 2.75) is 258 Å². The maximum Gasteiger partial charge on any atom is 0.306 e. The summed E-state index contributed by atoms with van der Waals surface area (Å²) < 4.78 is 12.0. The van der Waals surface area contributed by atoms with Crippen molar-refractivity contribution in [3.05, 3.63) is 0 Å². The van der Waals surface area contributed by atoms with E-state index in [0.29, 0.717) is 18.8 Å². The molecule has 1 aliphatic carbocycles. The average molecular weight is 750 g/mol. The van der Waals surface area contributed by atoms with Crippen LogP contribution in [0.15, 0.2) is 0 Å². The summed E-state index contributed by atoms with van der Waals surface area (Å²) in [6, 6.07) is 0. The van der Waals surface area contributed by atoms with Gasteiger partial charge in [0, 0.05) is 19.4 Å². The van der Waals surface area contributed by atoms with Crippen LogP contribution in [0, 0.1) is 5.92 Å². The van der Waals surface area contributed by atoms with E-state index in [4.69, 9.17) is 9.47 Å². The largest absolute Gasteiger partial charge is 0.462 e. The van der Waals surface area contributed by atoms with Crippen molar-refractivity contribution in [3.8, 4) is 0 Å². The number of esters is 2. The lowest BCUT2D eigenvalue weighted by Crippen LogP contribution is -2.29. The molecule has 0 aromatic carbocycles. The molecule has 0 spiro atoms. The van der Waals surface area contributed by atoms with E-state index in [1.54, 1.807) is 0 Å². The van der Waals surface area contributed by atoms with Gasteiger partial charge in [-0.1, -0.05) is 156 Å². The predicted octanol–water partition coefficient (Wildman–Crippen LogP) is 13.4. The van der Waals surface area contributed by atoms with Crippen LogP contribution in [0.25, 0.3) is 0 Å². The monoisotopic (exact) mass is 750 g/mol. The first-order valence-electron chi connectivity index (χ1n) is 23.8. The van der Waals surface area contributed by atoms with Crippen molar-refractivity contribution >= 4 is 11.9 Å². The third-order valence-corrected chi connectivity index (χ3v) is 11.5. The Hall–Kier alpha value is -1.14. The molecule has 0 heterocycles. The summed E-state index contributed by atoms with van der Waals surface area (Å²) in [7, 11) is 0. The van der Waals surface area contributed by atoms with E-state index in [1.807, 2.05) is 0 Å². The number of aliphatic hydroxyl groups is 1. The van der Waals surface area contributed by atoms with E-state index in [2.05, 4.69) is 25.7 Å². The highest BCUT2D eigenvalue weighted by Gasteiger charge is 2.33. The molecule has 53 heavy (non-hydrogen) atoms.